The molecule has 2 aliphatic heterocycles. The van der Waals surface area contributed by atoms with Crippen LogP contribution in [-0.4, -0.2) is 26.9 Å². The van der Waals surface area contributed by atoms with E-state index in [1.54, 1.807) is 11.3 Å². The van der Waals surface area contributed by atoms with Crippen LogP contribution in [0.1, 0.15) is 11.7 Å². The van der Waals surface area contributed by atoms with E-state index in [0.717, 1.165) is 16.8 Å². The second-order valence-corrected chi connectivity index (χ2v) is 5.78. The molecule has 0 aliphatic carbocycles. The van der Waals surface area contributed by atoms with Crippen molar-refractivity contribution in [2.75, 3.05) is 19.8 Å². The SMILES string of the molecule is NC[C@H]1OB2OCCOc3ccc(-c4cccs4)c1c32. The average Bonchev–Trinajstić information content (AvgIpc) is 3.07. The summed E-state index contributed by atoms with van der Waals surface area (Å²) in [5.74, 6) is 0.860. The minimum Gasteiger partial charge on any atom is -0.492 e. The van der Waals surface area contributed by atoms with Gasteiger partial charge in [0.25, 0.3) is 0 Å². The molecule has 0 fully saturated rings. The molecule has 2 N–H and O–H groups in total. The molecule has 4 rings (SSSR count). The molecule has 20 heavy (non-hydrogen) atoms. The van der Waals surface area contributed by atoms with Crippen molar-refractivity contribution in [2.45, 2.75) is 6.10 Å². The molecular weight excluding hydrogens is 273 g/mol. The average molecular weight is 287 g/mol. The van der Waals surface area contributed by atoms with Crippen molar-refractivity contribution in [3.8, 4) is 16.2 Å². The van der Waals surface area contributed by atoms with E-state index in [0.29, 0.717) is 19.8 Å². The lowest BCUT2D eigenvalue weighted by molar-refractivity contribution is 0.148. The van der Waals surface area contributed by atoms with Gasteiger partial charge >= 0.3 is 7.12 Å². The lowest BCUT2D eigenvalue weighted by Crippen LogP contribution is -2.31. The highest BCUT2D eigenvalue weighted by Crippen LogP contribution is 2.38. The van der Waals surface area contributed by atoms with Crippen LogP contribution in [0.15, 0.2) is 29.6 Å². The Balaban J connectivity index is 1.94. The Morgan fingerprint density at radius 1 is 1.30 bits per heavy atom. The molecule has 0 bridgehead atoms. The van der Waals surface area contributed by atoms with Gasteiger partial charge in [-0.05, 0) is 34.7 Å². The van der Waals surface area contributed by atoms with Gasteiger partial charge < -0.3 is 19.8 Å². The van der Waals surface area contributed by atoms with Crippen molar-refractivity contribution in [3.05, 3.63) is 35.2 Å². The van der Waals surface area contributed by atoms with Gasteiger partial charge in [0, 0.05) is 16.9 Å². The van der Waals surface area contributed by atoms with Crippen LogP contribution in [0.4, 0.5) is 0 Å². The van der Waals surface area contributed by atoms with Crippen LogP contribution in [0.5, 0.6) is 5.75 Å². The van der Waals surface area contributed by atoms with Crippen LogP contribution in [0.2, 0.25) is 0 Å². The molecular formula is C14H14BNO3S. The highest BCUT2D eigenvalue weighted by atomic mass is 32.1. The quantitative estimate of drug-likeness (QED) is 0.851. The molecule has 0 radical (unpaired) electrons. The minimum atomic E-state index is -0.351. The van der Waals surface area contributed by atoms with E-state index in [4.69, 9.17) is 19.8 Å². The zero-order valence-corrected chi connectivity index (χ0v) is 11.7. The first kappa shape index (κ1) is 12.4. The Morgan fingerprint density at radius 2 is 2.25 bits per heavy atom. The summed E-state index contributed by atoms with van der Waals surface area (Å²) in [6.45, 7) is 1.52. The van der Waals surface area contributed by atoms with Crippen LogP contribution < -0.4 is 15.9 Å². The van der Waals surface area contributed by atoms with Crippen molar-refractivity contribution in [1.82, 2.24) is 0 Å². The molecule has 1 atom stereocenters. The summed E-state index contributed by atoms with van der Waals surface area (Å²) in [4.78, 5) is 1.22. The summed E-state index contributed by atoms with van der Waals surface area (Å²) in [7, 11) is -0.351. The summed E-state index contributed by atoms with van der Waals surface area (Å²) in [6.07, 6.45) is -0.131. The molecule has 0 amide bonds. The van der Waals surface area contributed by atoms with Crippen molar-refractivity contribution in [1.29, 1.82) is 0 Å². The number of nitrogens with two attached hydrogens (primary N) is 1. The maximum Gasteiger partial charge on any atom is 0.498 e. The molecule has 2 aromatic rings. The van der Waals surface area contributed by atoms with Gasteiger partial charge in [0.1, 0.15) is 12.4 Å². The summed E-state index contributed by atoms with van der Waals surface area (Å²) in [5, 5.41) is 2.07. The Kier molecular flexibility index (Phi) is 3.04. The zero-order chi connectivity index (χ0) is 13.5. The summed E-state index contributed by atoms with van der Waals surface area (Å²) in [5.41, 5.74) is 9.19. The Bertz CT molecular complexity index is 632. The number of ether oxygens (including phenoxy) is 1. The van der Waals surface area contributed by atoms with E-state index in [2.05, 4.69) is 23.6 Å². The molecule has 6 heteroatoms. The predicted octanol–water partition coefficient (Wildman–Crippen LogP) is 1.55. The monoisotopic (exact) mass is 287 g/mol. The standard InChI is InChI=1S/C14H14BNO3S/c16-8-11-13-9(12-2-1-7-20-12)3-4-10-14(13)15(19-11)18-6-5-17-10/h1-4,7,11H,5-6,8,16H2/t11-/m1/s1. The first-order chi connectivity index (χ1) is 9.88. The second-order valence-electron chi connectivity index (χ2n) is 4.83. The Labute approximate surface area is 121 Å². The van der Waals surface area contributed by atoms with Crippen molar-refractivity contribution in [3.63, 3.8) is 0 Å². The molecule has 1 aromatic heterocycles. The van der Waals surface area contributed by atoms with Gasteiger partial charge in [0.05, 0.1) is 12.7 Å². The lowest BCUT2D eigenvalue weighted by Gasteiger charge is -2.15. The number of rotatable bonds is 2. The molecule has 1 aromatic carbocycles. The first-order valence-corrected chi connectivity index (χ1v) is 7.57. The first-order valence-electron chi connectivity index (χ1n) is 6.69. The fourth-order valence-electron chi connectivity index (χ4n) is 2.87. The topological polar surface area (TPSA) is 53.7 Å². The van der Waals surface area contributed by atoms with E-state index >= 15 is 0 Å². The molecule has 3 heterocycles. The Hall–Kier alpha value is -1.34. The number of thiophene rings is 1. The maximum absolute atomic E-state index is 5.96. The molecule has 2 aliphatic rings. The van der Waals surface area contributed by atoms with Gasteiger partial charge in [-0.25, -0.2) is 0 Å². The highest BCUT2D eigenvalue weighted by molar-refractivity contribution is 7.13. The van der Waals surface area contributed by atoms with Crippen LogP contribution in [-0.2, 0) is 9.31 Å². The van der Waals surface area contributed by atoms with Gasteiger partial charge in [-0.15, -0.1) is 11.3 Å². The summed E-state index contributed by atoms with van der Waals surface area (Å²) >= 11 is 1.71. The van der Waals surface area contributed by atoms with E-state index < -0.39 is 0 Å². The summed E-state index contributed by atoms with van der Waals surface area (Å²) < 4.78 is 17.5. The minimum absolute atomic E-state index is 0.131. The highest BCUT2D eigenvalue weighted by Gasteiger charge is 2.42. The largest absolute Gasteiger partial charge is 0.498 e. The fourth-order valence-corrected chi connectivity index (χ4v) is 3.63. The van der Waals surface area contributed by atoms with Gasteiger partial charge in [-0.1, -0.05) is 6.07 Å². The van der Waals surface area contributed by atoms with Gasteiger partial charge in [0.15, 0.2) is 0 Å². The predicted molar refractivity (Wildman–Crippen MR) is 79.5 cm³/mol. The molecule has 0 spiro atoms. The Morgan fingerprint density at radius 3 is 3.05 bits per heavy atom. The van der Waals surface area contributed by atoms with Crippen molar-refractivity contribution < 1.29 is 14.0 Å². The van der Waals surface area contributed by atoms with Gasteiger partial charge in [-0.3, -0.25) is 0 Å². The smallest absolute Gasteiger partial charge is 0.492 e. The van der Waals surface area contributed by atoms with E-state index in [-0.39, 0.29) is 13.2 Å². The number of hydrogen-bond acceptors (Lipinski definition) is 5. The van der Waals surface area contributed by atoms with Crippen molar-refractivity contribution in [2.24, 2.45) is 5.73 Å². The normalized spacial score (nSPS) is 20.4. The molecule has 102 valence electrons. The maximum atomic E-state index is 5.96. The second kappa shape index (κ2) is 4.89. The van der Waals surface area contributed by atoms with Crippen LogP contribution >= 0.6 is 11.3 Å². The third-order valence-electron chi connectivity index (χ3n) is 3.70. The summed E-state index contributed by atoms with van der Waals surface area (Å²) in [6, 6.07) is 8.27. The van der Waals surface area contributed by atoms with E-state index in [1.165, 1.54) is 10.4 Å². The molecule has 4 nitrogen and oxygen atoms in total. The lowest BCUT2D eigenvalue weighted by atomic mass is 9.76. The molecule has 0 unspecified atom stereocenters. The van der Waals surface area contributed by atoms with Crippen molar-refractivity contribution >= 4 is 23.9 Å². The van der Waals surface area contributed by atoms with E-state index in [1.807, 2.05) is 6.07 Å². The molecule has 0 saturated carbocycles. The number of benzene rings is 1. The fraction of sp³-hybridized carbons (Fsp3) is 0.286. The third-order valence-corrected chi connectivity index (χ3v) is 4.61. The van der Waals surface area contributed by atoms with Crippen LogP contribution in [0.25, 0.3) is 10.4 Å². The zero-order valence-electron chi connectivity index (χ0n) is 10.9. The van der Waals surface area contributed by atoms with Gasteiger partial charge in [0.2, 0.25) is 0 Å². The van der Waals surface area contributed by atoms with Crippen LogP contribution in [0, 0.1) is 0 Å². The van der Waals surface area contributed by atoms with Gasteiger partial charge in [-0.2, -0.15) is 0 Å². The van der Waals surface area contributed by atoms with Crippen LogP contribution in [0.3, 0.4) is 0 Å². The van der Waals surface area contributed by atoms with E-state index in [9.17, 15) is 0 Å². The third kappa shape index (κ3) is 1.80. The number of hydrogen-bond donors (Lipinski definition) is 1. The molecule has 0 saturated heterocycles.